The monoisotopic (exact) mass is 456 g/mol. The first-order valence-electron chi connectivity index (χ1n) is 11.9. The Morgan fingerprint density at radius 1 is 0.941 bits per heavy atom. The van der Waals surface area contributed by atoms with Crippen LogP contribution in [0.2, 0.25) is 0 Å². The zero-order valence-corrected chi connectivity index (χ0v) is 19.0. The number of ether oxygens (including phenoxy) is 1. The highest BCUT2D eigenvalue weighted by atomic mass is 16.5. The summed E-state index contributed by atoms with van der Waals surface area (Å²) in [5.41, 5.74) is 5.13. The van der Waals surface area contributed by atoms with E-state index in [0.717, 1.165) is 32.4 Å². The summed E-state index contributed by atoms with van der Waals surface area (Å²) in [4.78, 5) is 30.4. The lowest BCUT2D eigenvalue weighted by atomic mass is 9.92. The van der Waals surface area contributed by atoms with Gasteiger partial charge in [0.15, 0.2) is 0 Å². The van der Waals surface area contributed by atoms with Crippen LogP contribution in [-0.2, 0) is 9.53 Å². The standard InChI is InChI=1S/C28H28N2O4/c31-26(34-18-25-22-8-3-1-6-20(22)21-7-2-4-9-23(21)25)12-11-19-13-16-30(17-14-19)27-24(28(32)33)10-5-15-29-27/h1-10,15,19,25H,11-14,16-18H2,(H,32,33). The number of carboxylic acid groups (broad SMARTS) is 1. The van der Waals surface area contributed by atoms with Crippen LogP contribution < -0.4 is 4.90 Å². The number of anilines is 1. The molecule has 0 atom stereocenters. The lowest BCUT2D eigenvalue weighted by Gasteiger charge is -2.33. The van der Waals surface area contributed by atoms with E-state index in [-0.39, 0.29) is 17.5 Å². The zero-order chi connectivity index (χ0) is 23.5. The van der Waals surface area contributed by atoms with E-state index in [2.05, 4.69) is 29.2 Å². The minimum atomic E-state index is -0.958. The second kappa shape index (κ2) is 9.67. The predicted molar refractivity (Wildman–Crippen MR) is 130 cm³/mol. The van der Waals surface area contributed by atoms with Crippen molar-refractivity contribution in [2.45, 2.75) is 31.6 Å². The average molecular weight is 457 g/mol. The van der Waals surface area contributed by atoms with Gasteiger partial charge in [-0.25, -0.2) is 9.78 Å². The molecule has 1 fully saturated rings. The second-order valence-corrected chi connectivity index (χ2v) is 9.06. The molecule has 174 valence electrons. The van der Waals surface area contributed by atoms with Crippen LogP contribution in [0.25, 0.3) is 11.1 Å². The molecule has 0 unspecified atom stereocenters. The number of aromatic nitrogens is 1. The SMILES string of the molecule is O=C(CCC1CCN(c2ncccc2C(=O)O)CC1)OCC1c2ccccc2-c2ccccc21. The van der Waals surface area contributed by atoms with Gasteiger partial charge in [0.1, 0.15) is 18.0 Å². The molecule has 2 aliphatic rings. The Morgan fingerprint density at radius 2 is 1.59 bits per heavy atom. The molecule has 1 aromatic heterocycles. The van der Waals surface area contributed by atoms with Crippen LogP contribution in [0.3, 0.4) is 0 Å². The molecule has 6 nitrogen and oxygen atoms in total. The third-order valence-electron chi connectivity index (χ3n) is 7.06. The maximum Gasteiger partial charge on any atom is 0.339 e. The van der Waals surface area contributed by atoms with Gasteiger partial charge in [-0.05, 0) is 59.6 Å². The number of pyridine rings is 1. The number of rotatable bonds is 7. The van der Waals surface area contributed by atoms with Crippen molar-refractivity contribution in [3.8, 4) is 11.1 Å². The maximum atomic E-state index is 12.6. The fourth-order valence-corrected chi connectivity index (χ4v) is 5.26. The first kappa shape index (κ1) is 22.1. The maximum absolute atomic E-state index is 12.6. The zero-order valence-electron chi connectivity index (χ0n) is 19.0. The summed E-state index contributed by atoms with van der Waals surface area (Å²) in [6.45, 7) is 1.85. The summed E-state index contributed by atoms with van der Waals surface area (Å²) in [6.07, 6.45) is 4.65. The number of fused-ring (bicyclic) bond motifs is 3. The van der Waals surface area contributed by atoms with Crippen LogP contribution in [0.15, 0.2) is 66.9 Å². The molecule has 0 radical (unpaired) electrons. The van der Waals surface area contributed by atoms with Crippen molar-refractivity contribution in [3.05, 3.63) is 83.6 Å². The van der Waals surface area contributed by atoms with Crippen molar-refractivity contribution in [2.24, 2.45) is 5.92 Å². The molecule has 0 amide bonds. The lowest BCUT2D eigenvalue weighted by molar-refractivity contribution is -0.144. The smallest absolute Gasteiger partial charge is 0.339 e. The van der Waals surface area contributed by atoms with Crippen LogP contribution in [0.1, 0.15) is 53.1 Å². The predicted octanol–water partition coefficient (Wildman–Crippen LogP) is 5.13. The summed E-state index contributed by atoms with van der Waals surface area (Å²) >= 11 is 0. The van der Waals surface area contributed by atoms with E-state index in [1.54, 1.807) is 18.3 Å². The third kappa shape index (κ3) is 4.40. The molecule has 1 aliphatic heterocycles. The topological polar surface area (TPSA) is 79.7 Å². The van der Waals surface area contributed by atoms with Crippen molar-refractivity contribution in [2.75, 3.05) is 24.6 Å². The molecule has 2 aromatic carbocycles. The highest BCUT2D eigenvalue weighted by Crippen LogP contribution is 2.44. The first-order valence-corrected chi connectivity index (χ1v) is 11.9. The van der Waals surface area contributed by atoms with Crippen molar-refractivity contribution < 1.29 is 19.4 Å². The fourth-order valence-electron chi connectivity index (χ4n) is 5.26. The van der Waals surface area contributed by atoms with Gasteiger partial charge in [-0.15, -0.1) is 0 Å². The normalized spacial score (nSPS) is 15.6. The van der Waals surface area contributed by atoms with Crippen molar-refractivity contribution >= 4 is 17.8 Å². The van der Waals surface area contributed by atoms with Gasteiger partial charge in [0, 0.05) is 31.6 Å². The Bertz CT molecular complexity index is 1150. The minimum Gasteiger partial charge on any atom is -0.478 e. The number of benzene rings is 2. The Kier molecular flexibility index (Phi) is 6.30. The van der Waals surface area contributed by atoms with E-state index in [1.807, 2.05) is 29.2 Å². The summed E-state index contributed by atoms with van der Waals surface area (Å²) in [5.74, 6) is -0.0669. The third-order valence-corrected chi connectivity index (χ3v) is 7.06. The molecule has 1 aliphatic carbocycles. The molecule has 1 saturated heterocycles. The van der Waals surface area contributed by atoms with Gasteiger partial charge < -0.3 is 14.7 Å². The highest BCUT2D eigenvalue weighted by Gasteiger charge is 2.29. The van der Waals surface area contributed by atoms with Gasteiger partial charge >= 0.3 is 11.9 Å². The lowest BCUT2D eigenvalue weighted by Crippen LogP contribution is -2.35. The second-order valence-electron chi connectivity index (χ2n) is 9.06. The molecular formula is C28H28N2O4. The quantitative estimate of drug-likeness (QED) is 0.497. The van der Waals surface area contributed by atoms with Crippen LogP contribution in [-0.4, -0.2) is 41.7 Å². The van der Waals surface area contributed by atoms with Crippen LogP contribution >= 0.6 is 0 Å². The number of carbonyl (C=O) groups is 2. The Balaban J connectivity index is 1.12. The number of esters is 1. The van der Waals surface area contributed by atoms with Gasteiger partial charge in [-0.1, -0.05) is 48.5 Å². The minimum absolute atomic E-state index is 0.0846. The number of nitrogens with zero attached hydrogens (tertiary/aromatic N) is 2. The Hall–Kier alpha value is -3.67. The van der Waals surface area contributed by atoms with Gasteiger partial charge in [0.2, 0.25) is 0 Å². The molecule has 0 bridgehead atoms. The van der Waals surface area contributed by atoms with Gasteiger partial charge in [-0.3, -0.25) is 4.79 Å². The number of aromatic carboxylic acids is 1. The largest absolute Gasteiger partial charge is 0.478 e. The van der Waals surface area contributed by atoms with E-state index in [0.29, 0.717) is 24.8 Å². The van der Waals surface area contributed by atoms with Crippen molar-refractivity contribution in [1.82, 2.24) is 4.98 Å². The average Bonchev–Trinajstić information content (AvgIpc) is 3.20. The van der Waals surface area contributed by atoms with E-state index in [4.69, 9.17) is 4.74 Å². The Morgan fingerprint density at radius 3 is 2.24 bits per heavy atom. The number of hydrogen-bond acceptors (Lipinski definition) is 5. The molecule has 1 N–H and O–H groups in total. The van der Waals surface area contributed by atoms with E-state index in [9.17, 15) is 14.7 Å². The summed E-state index contributed by atoms with van der Waals surface area (Å²) in [5, 5.41) is 9.41. The van der Waals surface area contributed by atoms with E-state index < -0.39 is 5.97 Å². The van der Waals surface area contributed by atoms with Crippen molar-refractivity contribution in [1.29, 1.82) is 0 Å². The molecule has 6 heteroatoms. The molecule has 0 saturated carbocycles. The van der Waals surface area contributed by atoms with Crippen LogP contribution in [0.5, 0.6) is 0 Å². The highest BCUT2D eigenvalue weighted by molar-refractivity contribution is 5.93. The molecule has 0 spiro atoms. The molecule has 3 aromatic rings. The van der Waals surface area contributed by atoms with Gasteiger partial charge in [-0.2, -0.15) is 0 Å². The summed E-state index contributed by atoms with van der Waals surface area (Å²) in [6, 6.07) is 19.9. The summed E-state index contributed by atoms with van der Waals surface area (Å²) in [7, 11) is 0. The number of carboxylic acids is 1. The van der Waals surface area contributed by atoms with Gasteiger partial charge in [0.25, 0.3) is 0 Å². The molecule has 2 heterocycles. The van der Waals surface area contributed by atoms with E-state index >= 15 is 0 Å². The van der Waals surface area contributed by atoms with E-state index in [1.165, 1.54) is 22.3 Å². The fraction of sp³-hybridized carbons (Fsp3) is 0.321. The van der Waals surface area contributed by atoms with Crippen LogP contribution in [0.4, 0.5) is 5.82 Å². The van der Waals surface area contributed by atoms with Crippen LogP contribution in [0, 0.1) is 5.92 Å². The van der Waals surface area contributed by atoms with Gasteiger partial charge in [0.05, 0.1) is 0 Å². The van der Waals surface area contributed by atoms with Crippen molar-refractivity contribution in [3.63, 3.8) is 0 Å². The first-order chi connectivity index (χ1) is 16.6. The molecular weight excluding hydrogens is 428 g/mol. The molecule has 34 heavy (non-hydrogen) atoms. The molecule has 5 rings (SSSR count). The Labute approximate surface area is 199 Å². The number of carbonyl (C=O) groups excluding carboxylic acids is 1. The summed E-state index contributed by atoms with van der Waals surface area (Å²) < 4.78 is 5.74. The number of hydrogen-bond donors (Lipinski definition) is 1. The number of piperidine rings is 1.